The minimum atomic E-state index is -0.772. The van der Waals surface area contributed by atoms with Gasteiger partial charge in [0.25, 0.3) is 0 Å². The van der Waals surface area contributed by atoms with Crippen LogP contribution in [0.15, 0.2) is 36.5 Å². The minimum Gasteiger partial charge on any atom is -0.481 e. The lowest BCUT2D eigenvalue weighted by Gasteiger charge is -2.23. The third kappa shape index (κ3) is 0.857. The highest BCUT2D eigenvalue weighted by Gasteiger charge is 2.50. The van der Waals surface area contributed by atoms with Gasteiger partial charge in [0.05, 0.1) is 5.92 Å². The van der Waals surface area contributed by atoms with Crippen LogP contribution in [-0.2, 0) is 4.79 Å². The first kappa shape index (κ1) is 8.30. The lowest BCUT2D eigenvalue weighted by atomic mass is 9.80. The van der Waals surface area contributed by atoms with E-state index in [1.54, 1.807) is 0 Å². The number of fused-ring (bicyclic) bond motifs is 2. The Labute approximate surface area is 77.3 Å². The van der Waals surface area contributed by atoms with E-state index in [0.717, 1.165) is 23.1 Å². The summed E-state index contributed by atoms with van der Waals surface area (Å²) in [5, 5.41) is 8.98. The lowest BCUT2D eigenvalue weighted by Crippen LogP contribution is -2.24. The van der Waals surface area contributed by atoms with E-state index in [0.29, 0.717) is 0 Å². The highest BCUT2D eigenvalue weighted by Crippen LogP contribution is 2.55. The second-order valence-electron chi connectivity index (χ2n) is 3.84. The molecule has 0 radical (unpaired) electrons. The number of hydrogen-bond acceptors (Lipinski definition) is 1. The summed E-state index contributed by atoms with van der Waals surface area (Å²) in [5.41, 5.74) is 2.73. The Bertz CT molecular complexity index is 338. The van der Waals surface area contributed by atoms with Gasteiger partial charge in [-0.3, -0.25) is 4.79 Å². The number of hydrogen-bond donors (Lipinski definition) is 1. The van der Waals surface area contributed by atoms with Gasteiger partial charge in [0.2, 0.25) is 0 Å². The molecule has 0 aromatic carbocycles. The van der Waals surface area contributed by atoms with E-state index in [1.807, 2.05) is 0 Å². The van der Waals surface area contributed by atoms with E-state index < -0.39 is 11.9 Å². The van der Waals surface area contributed by atoms with Crippen LogP contribution < -0.4 is 0 Å². The Morgan fingerprint density at radius 1 is 1.31 bits per heavy atom. The van der Waals surface area contributed by atoms with Crippen LogP contribution in [0.2, 0.25) is 0 Å². The van der Waals surface area contributed by atoms with Crippen LogP contribution in [0.4, 0.5) is 0 Å². The summed E-state index contributed by atoms with van der Waals surface area (Å²) >= 11 is 0. The molecule has 2 nitrogen and oxygen atoms in total. The molecule has 13 heavy (non-hydrogen) atoms. The van der Waals surface area contributed by atoms with Crippen molar-refractivity contribution in [2.75, 3.05) is 0 Å². The fraction of sp³-hybridized carbons (Fsp3) is 0.364. The van der Waals surface area contributed by atoms with Gasteiger partial charge in [-0.15, -0.1) is 0 Å². The van der Waals surface area contributed by atoms with E-state index in [4.69, 9.17) is 5.11 Å². The molecule has 0 amide bonds. The van der Waals surface area contributed by atoms with Crippen molar-refractivity contribution in [3.8, 4) is 0 Å². The normalized spacial score (nSPS) is 37.2. The first-order valence-electron chi connectivity index (χ1n) is 4.33. The standard InChI is InChI=1S/C11H12O2/c1-5-6(2)9-4-8(5)7(3)10(9)11(12)13/h8-10H,1-4H2,(H,12,13). The van der Waals surface area contributed by atoms with Crippen LogP contribution in [-0.4, -0.2) is 11.1 Å². The fourth-order valence-corrected chi connectivity index (χ4v) is 2.52. The second-order valence-corrected chi connectivity index (χ2v) is 3.84. The molecule has 2 rings (SSSR count). The van der Waals surface area contributed by atoms with Crippen molar-refractivity contribution in [1.29, 1.82) is 0 Å². The summed E-state index contributed by atoms with van der Waals surface area (Å²) in [7, 11) is 0. The molecule has 0 aliphatic heterocycles. The maximum absolute atomic E-state index is 10.9. The van der Waals surface area contributed by atoms with Crippen molar-refractivity contribution in [3.63, 3.8) is 0 Å². The minimum absolute atomic E-state index is 0.0579. The predicted octanol–water partition coefficient (Wildman–Crippen LogP) is 2.01. The molecule has 3 unspecified atom stereocenters. The average Bonchev–Trinajstić information content (AvgIpc) is 2.50. The van der Waals surface area contributed by atoms with Crippen LogP contribution in [0.3, 0.4) is 0 Å². The van der Waals surface area contributed by atoms with Gasteiger partial charge in [0, 0.05) is 11.8 Å². The van der Waals surface area contributed by atoms with E-state index in [9.17, 15) is 4.79 Å². The molecular formula is C11H12O2. The third-order valence-electron chi connectivity index (χ3n) is 3.29. The Balaban J connectivity index is 2.40. The molecule has 3 atom stereocenters. The molecule has 2 bridgehead atoms. The van der Waals surface area contributed by atoms with Gasteiger partial charge in [0.1, 0.15) is 0 Å². The quantitative estimate of drug-likeness (QED) is 0.620. The van der Waals surface area contributed by atoms with Gasteiger partial charge in [-0.05, 0) is 17.6 Å². The van der Waals surface area contributed by atoms with Crippen LogP contribution in [0, 0.1) is 17.8 Å². The van der Waals surface area contributed by atoms with Gasteiger partial charge in [0.15, 0.2) is 0 Å². The van der Waals surface area contributed by atoms with Crippen LogP contribution in [0.1, 0.15) is 6.42 Å². The van der Waals surface area contributed by atoms with Gasteiger partial charge >= 0.3 is 5.97 Å². The van der Waals surface area contributed by atoms with Crippen molar-refractivity contribution in [3.05, 3.63) is 36.5 Å². The molecule has 0 spiro atoms. The average molecular weight is 176 g/mol. The molecule has 2 fully saturated rings. The van der Waals surface area contributed by atoms with Gasteiger partial charge in [-0.1, -0.05) is 25.3 Å². The molecule has 0 aromatic heterocycles. The fourth-order valence-electron chi connectivity index (χ4n) is 2.52. The van der Waals surface area contributed by atoms with Crippen LogP contribution in [0.25, 0.3) is 0 Å². The summed E-state index contributed by atoms with van der Waals surface area (Å²) in [4.78, 5) is 10.9. The van der Waals surface area contributed by atoms with Gasteiger partial charge in [-0.2, -0.15) is 0 Å². The number of allylic oxidation sites excluding steroid dienone is 2. The maximum atomic E-state index is 10.9. The molecule has 0 heterocycles. The van der Waals surface area contributed by atoms with E-state index in [-0.39, 0.29) is 11.8 Å². The lowest BCUT2D eigenvalue weighted by molar-refractivity contribution is -0.141. The zero-order valence-corrected chi connectivity index (χ0v) is 7.42. The predicted molar refractivity (Wildman–Crippen MR) is 50.1 cm³/mol. The van der Waals surface area contributed by atoms with Gasteiger partial charge < -0.3 is 5.11 Å². The van der Waals surface area contributed by atoms with Gasteiger partial charge in [-0.25, -0.2) is 0 Å². The monoisotopic (exact) mass is 176 g/mol. The first-order valence-corrected chi connectivity index (χ1v) is 4.33. The number of carboxylic acid groups (broad SMARTS) is 1. The number of carboxylic acids is 1. The zero-order valence-electron chi connectivity index (χ0n) is 7.42. The molecule has 68 valence electrons. The smallest absolute Gasteiger partial charge is 0.311 e. The summed E-state index contributed by atoms with van der Waals surface area (Å²) in [6.07, 6.45) is 0.855. The summed E-state index contributed by atoms with van der Waals surface area (Å²) < 4.78 is 0. The summed E-state index contributed by atoms with van der Waals surface area (Å²) in [5.74, 6) is -0.949. The Hall–Kier alpha value is -1.31. The van der Waals surface area contributed by atoms with E-state index in [2.05, 4.69) is 19.7 Å². The summed E-state index contributed by atoms with van der Waals surface area (Å²) in [6.45, 7) is 11.6. The molecule has 2 heteroatoms. The Morgan fingerprint density at radius 2 is 1.92 bits per heavy atom. The van der Waals surface area contributed by atoms with E-state index >= 15 is 0 Å². The highest BCUT2D eigenvalue weighted by atomic mass is 16.4. The SMILES string of the molecule is C=C1C(=C)C2CC1C(=C)C2C(=O)O. The number of rotatable bonds is 1. The highest BCUT2D eigenvalue weighted by molar-refractivity contribution is 5.78. The van der Waals surface area contributed by atoms with Crippen molar-refractivity contribution in [2.24, 2.45) is 17.8 Å². The van der Waals surface area contributed by atoms with Crippen molar-refractivity contribution in [1.82, 2.24) is 0 Å². The molecule has 2 aliphatic rings. The molecule has 2 saturated carbocycles. The zero-order chi connectivity index (χ0) is 9.75. The maximum Gasteiger partial charge on any atom is 0.311 e. The van der Waals surface area contributed by atoms with Crippen LogP contribution >= 0.6 is 0 Å². The largest absolute Gasteiger partial charge is 0.481 e. The van der Waals surface area contributed by atoms with Crippen molar-refractivity contribution < 1.29 is 9.90 Å². The Kier molecular flexibility index (Phi) is 1.50. The van der Waals surface area contributed by atoms with Crippen LogP contribution in [0.5, 0.6) is 0 Å². The topological polar surface area (TPSA) is 37.3 Å². The first-order chi connectivity index (χ1) is 6.04. The number of aliphatic carboxylic acids is 1. The molecule has 1 N–H and O–H groups in total. The molecule has 0 saturated heterocycles. The number of carbonyl (C=O) groups is 1. The summed E-state index contributed by atoms with van der Waals surface area (Å²) in [6, 6.07) is 0. The van der Waals surface area contributed by atoms with E-state index in [1.165, 1.54) is 0 Å². The Morgan fingerprint density at radius 3 is 2.38 bits per heavy atom. The third-order valence-corrected chi connectivity index (χ3v) is 3.29. The molecule has 2 aliphatic carbocycles. The molecular weight excluding hydrogens is 164 g/mol. The molecule has 0 aromatic rings. The van der Waals surface area contributed by atoms with Crippen molar-refractivity contribution in [2.45, 2.75) is 6.42 Å². The van der Waals surface area contributed by atoms with Crippen molar-refractivity contribution >= 4 is 5.97 Å². The second kappa shape index (κ2) is 2.34.